The third kappa shape index (κ3) is 2.87. The van der Waals surface area contributed by atoms with Crippen LogP contribution < -0.4 is 0 Å². The first-order valence-electron chi connectivity index (χ1n) is 6.61. The molecule has 0 amide bonds. The van der Waals surface area contributed by atoms with Crippen LogP contribution in [0.3, 0.4) is 0 Å². The van der Waals surface area contributed by atoms with Crippen molar-refractivity contribution in [3.63, 3.8) is 0 Å². The monoisotopic (exact) mass is 318 g/mol. The van der Waals surface area contributed by atoms with Crippen molar-refractivity contribution in [1.29, 1.82) is 0 Å². The second-order valence-electron chi connectivity index (χ2n) is 4.85. The molecule has 22 heavy (non-hydrogen) atoms. The van der Waals surface area contributed by atoms with E-state index in [0.29, 0.717) is 21.8 Å². The summed E-state index contributed by atoms with van der Waals surface area (Å²) < 4.78 is 26.3. The molecule has 0 aliphatic heterocycles. The van der Waals surface area contributed by atoms with Gasteiger partial charge in [0.25, 0.3) is 0 Å². The van der Waals surface area contributed by atoms with Gasteiger partial charge in [-0.2, -0.15) is 0 Å². The molecule has 0 spiro atoms. The third-order valence-corrected chi connectivity index (χ3v) is 4.16. The van der Waals surface area contributed by atoms with Gasteiger partial charge in [-0.15, -0.1) is 0 Å². The zero-order valence-electron chi connectivity index (χ0n) is 11.7. The second-order valence-corrected chi connectivity index (χ2v) is 5.82. The molecule has 0 bridgehead atoms. The van der Waals surface area contributed by atoms with Crippen molar-refractivity contribution < 1.29 is 13.6 Å². The zero-order chi connectivity index (χ0) is 15.7. The van der Waals surface area contributed by atoms with Gasteiger partial charge in [0.2, 0.25) is 0 Å². The van der Waals surface area contributed by atoms with Gasteiger partial charge in [-0.3, -0.25) is 4.79 Å². The largest absolute Gasteiger partial charge is 0.333 e. The SMILES string of the molecule is Cc1ccccc1C(=O)CSc1nc2cc(F)c(F)cc2[nH]1. The van der Waals surface area contributed by atoms with Gasteiger partial charge in [-0.25, -0.2) is 13.8 Å². The van der Waals surface area contributed by atoms with E-state index in [9.17, 15) is 13.6 Å². The summed E-state index contributed by atoms with van der Waals surface area (Å²) in [4.78, 5) is 19.2. The number of hydrogen-bond acceptors (Lipinski definition) is 3. The highest BCUT2D eigenvalue weighted by Crippen LogP contribution is 2.22. The predicted octanol–water partition coefficient (Wildman–Crippen LogP) is 4.12. The molecule has 3 aromatic rings. The first-order chi connectivity index (χ1) is 10.5. The number of nitrogens with zero attached hydrogens (tertiary/aromatic N) is 1. The highest BCUT2D eigenvalue weighted by molar-refractivity contribution is 7.99. The minimum atomic E-state index is -0.938. The Hall–Kier alpha value is -2.21. The molecule has 1 aromatic heterocycles. The molecule has 1 heterocycles. The Bertz CT molecular complexity index is 821. The van der Waals surface area contributed by atoms with Crippen LogP contribution in [0.1, 0.15) is 15.9 Å². The Balaban J connectivity index is 1.77. The van der Waals surface area contributed by atoms with E-state index in [2.05, 4.69) is 9.97 Å². The van der Waals surface area contributed by atoms with Crippen molar-refractivity contribution in [2.24, 2.45) is 0 Å². The van der Waals surface area contributed by atoms with E-state index in [0.717, 1.165) is 17.7 Å². The fraction of sp³-hybridized carbons (Fsp3) is 0.125. The van der Waals surface area contributed by atoms with Crippen molar-refractivity contribution in [3.8, 4) is 0 Å². The van der Waals surface area contributed by atoms with Gasteiger partial charge in [-0.1, -0.05) is 36.0 Å². The lowest BCUT2D eigenvalue weighted by molar-refractivity contribution is 0.102. The number of aromatic amines is 1. The van der Waals surface area contributed by atoms with Gasteiger partial charge < -0.3 is 4.98 Å². The average molecular weight is 318 g/mol. The number of thioether (sulfide) groups is 1. The Morgan fingerprint density at radius 1 is 1.23 bits per heavy atom. The first-order valence-corrected chi connectivity index (χ1v) is 7.59. The van der Waals surface area contributed by atoms with Crippen LogP contribution in [0, 0.1) is 18.6 Å². The number of Topliss-reactive ketones (excluding diaryl/α,β-unsaturated/α-hetero) is 1. The van der Waals surface area contributed by atoms with Gasteiger partial charge in [0.1, 0.15) is 0 Å². The van der Waals surface area contributed by atoms with Crippen molar-refractivity contribution in [2.75, 3.05) is 5.75 Å². The summed E-state index contributed by atoms with van der Waals surface area (Å²) >= 11 is 1.21. The number of hydrogen-bond donors (Lipinski definition) is 1. The Morgan fingerprint density at radius 2 is 1.95 bits per heavy atom. The molecule has 0 saturated heterocycles. The van der Waals surface area contributed by atoms with Crippen LogP contribution in [0.2, 0.25) is 0 Å². The third-order valence-electron chi connectivity index (χ3n) is 3.29. The smallest absolute Gasteiger partial charge is 0.173 e. The molecular weight excluding hydrogens is 306 g/mol. The Labute approximate surface area is 129 Å². The lowest BCUT2D eigenvalue weighted by Crippen LogP contribution is -2.04. The molecule has 0 saturated carbocycles. The number of H-pyrrole nitrogens is 1. The van der Waals surface area contributed by atoms with E-state index < -0.39 is 11.6 Å². The molecular formula is C16H12F2N2OS. The highest BCUT2D eigenvalue weighted by Gasteiger charge is 2.12. The highest BCUT2D eigenvalue weighted by atomic mass is 32.2. The zero-order valence-corrected chi connectivity index (χ0v) is 12.5. The van der Waals surface area contributed by atoms with Crippen LogP contribution in [0.25, 0.3) is 11.0 Å². The van der Waals surface area contributed by atoms with E-state index in [1.807, 2.05) is 25.1 Å². The lowest BCUT2D eigenvalue weighted by atomic mass is 10.1. The van der Waals surface area contributed by atoms with Gasteiger partial charge in [0.05, 0.1) is 16.8 Å². The topological polar surface area (TPSA) is 45.8 Å². The van der Waals surface area contributed by atoms with Crippen LogP contribution in [-0.2, 0) is 0 Å². The number of aryl methyl sites for hydroxylation is 1. The summed E-state index contributed by atoms with van der Waals surface area (Å²) in [7, 11) is 0. The number of rotatable bonds is 4. The molecule has 3 nitrogen and oxygen atoms in total. The van der Waals surface area contributed by atoms with Gasteiger partial charge in [0, 0.05) is 17.7 Å². The summed E-state index contributed by atoms with van der Waals surface area (Å²) in [5.41, 5.74) is 2.33. The number of carbonyl (C=O) groups is 1. The summed E-state index contributed by atoms with van der Waals surface area (Å²) in [6.07, 6.45) is 0. The normalized spacial score (nSPS) is 11.0. The van der Waals surface area contributed by atoms with Crippen LogP contribution >= 0.6 is 11.8 Å². The van der Waals surface area contributed by atoms with Gasteiger partial charge in [0.15, 0.2) is 22.6 Å². The maximum Gasteiger partial charge on any atom is 0.173 e. The quantitative estimate of drug-likeness (QED) is 0.581. The maximum absolute atomic E-state index is 13.2. The summed E-state index contributed by atoms with van der Waals surface area (Å²) in [5, 5.41) is 0.460. The average Bonchev–Trinajstić information content (AvgIpc) is 2.87. The second kappa shape index (κ2) is 5.88. The number of nitrogens with one attached hydrogen (secondary N) is 1. The number of ketones is 1. The molecule has 0 aliphatic rings. The summed E-state index contributed by atoms with van der Waals surface area (Å²) in [6, 6.07) is 9.45. The van der Waals surface area contributed by atoms with Gasteiger partial charge in [-0.05, 0) is 12.5 Å². The lowest BCUT2D eigenvalue weighted by Gasteiger charge is -2.03. The number of benzene rings is 2. The Morgan fingerprint density at radius 3 is 2.73 bits per heavy atom. The standard InChI is InChI=1S/C16H12F2N2OS/c1-9-4-2-3-5-10(9)15(21)8-22-16-19-13-6-11(17)12(18)7-14(13)20-16/h2-7H,8H2,1H3,(H,19,20). The van der Waals surface area contributed by atoms with E-state index in [-0.39, 0.29) is 11.5 Å². The van der Waals surface area contributed by atoms with Crippen molar-refractivity contribution in [3.05, 3.63) is 59.2 Å². The summed E-state index contributed by atoms with van der Waals surface area (Å²) in [6.45, 7) is 1.88. The predicted molar refractivity (Wildman–Crippen MR) is 82.2 cm³/mol. The van der Waals surface area contributed by atoms with Crippen molar-refractivity contribution in [2.45, 2.75) is 12.1 Å². The first kappa shape index (κ1) is 14.7. The molecule has 112 valence electrons. The minimum absolute atomic E-state index is 0.0130. The number of imidazole rings is 1. The van der Waals surface area contributed by atoms with Crippen molar-refractivity contribution in [1.82, 2.24) is 9.97 Å². The van der Waals surface area contributed by atoms with E-state index in [4.69, 9.17) is 0 Å². The van der Waals surface area contributed by atoms with E-state index in [1.54, 1.807) is 6.07 Å². The molecule has 0 unspecified atom stereocenters. The van der Waals surface area contributed by atoms with Crippen LogP contribution in [0.15, 0.2) is 41.6 Å². The van der Waals surface area contributed by atoms with Crippen LogP contribution in [0.5, 0.6) is 0 Å². The molecule has 6 heteroatoms. The van der Waals surface area contributed by atoms with E-state index in [1.165, 1.54) is 11.8 Å². The van der Waals surface area contributed by atoms with E-state index >= 15 is 0 Å². The number of fused-ring (bicyclic) bond motifs is 1. The minimum Gasteiger partial charge on any atom is -0.333 e. The molecule has 2 aromatic carbocycles. The van der Waals surface area contributed by atoms with Gasteiger partial charge >= 0.3 is 0 Å². The number of carbonyl (C=O) groups excluding carboxylic acids is 1. The Kier molecular flexibility index (Phi) is 3.94. The van der Waals surface area contributed by atoms with Crippen LogP contribution in [-0.4, -0.2) is 21.5 Å². The fourth-order valence-corrected chi connectivity index (χ4v) is 2.92. The summed E-state index contributed by atoms with van der Waals surface area (Å²) in [5.74, 6) is -1.67. The van der Waals surface area contributed by atoms with Crippen molar-refractivity contribution >= 4 is 28.6 Å². The van der Waals surface area contributed by atoms with Crippen LogP contribution in [0.4, 0.5) is 8.78 Å². The molecule has 0 radical (unpaired) electrons. The molecule has 0 atom stereocenters. The molecule has 0 aliphatic carbocycles. The number of halogens is 2. The molecule has 1 N–H and O–H groups in total. The maximum atomic E-state index is 13.2. The molecule has 0 fully saturated rings. The number of aromatic nitrogens is 2. The fourth-order valence-electron chi connectivity index (χ4n) is 2.15. The molecule has 3 rings (SSSR count).